The molecule has 27 heavy (non-hydrogen) atoms. The van der Waals surface area contributed by atoms with E-state index < -0.39 is 0 Å². The Hall–Kier alpha value is -2.08. The van der Waals surface area contributed by atoms with Crippen LogP contribution in [0.5, 0.6) is 0 Å². The van der Waals surface area contributed by atoms with Crippen molar-refractivity contribution in [1.82, 2.24) is 14.9 Å². The number of rotatable bonds is 7. The first-order chi connectivity index (χ1) is 13.1. The highest BCUT2D eigenvalue weighted by Crippen LogP contribution is 2.27. The van der Waals surface area contributed by atoms with Crippen LogP contribution in [-0.2, 0) is 6.54 Å². The number of amides is 1. The van der Waals surface area contributed by atoms with Crippen molar-refractivity contribution >= 4 is 23.5 Å². The highest BCUT2D eigenvalue weighted by molar-refractivity contribution is 7.98. The van der Waals surface area contributed by atoms with E-state index in [-0.39, 0.29) is 5.91 Å². The van der Waals surface area contributed by atoms with E-state index in [1.165, 1.54) is 11.8 Å². The van der Waals surface area contributed by atoms with Gasteiger partial charge < -0.3 is 10.2 Å². The Kier molecular flexibility index (Phi) is 6.72. The minimum absolute atomic E-state index is 0.0429. The number of likely N-dealkylation sites (tertiary alicyclic amines) is 1. The molecule has 1 saturated heterocycles. The maximum Gasteiger partial charge on any atom is 0.259 e. The average molecular weight is 385 g/mol. The van der Waals surface area contributed by atoms with Crippen molar-refractivity contribution in [2.45, 2.75) is 50.9 Å². The number of hydrogen-bond donors (Lipinski definition) is 1. The fourth-order valence-electron chi connectivity index (χ4n) is 3.58. The van der Waals surface area contributed by atoms with Gasteiger partial charge in [0.15, 0.2) is 5.16 Å². The lowest BCUT2D eigenvalue weighted by Gasteiger charge is -2.26. The van der Waals surface area contributed by atoms with Crippen molar-refractivity contribution in [2.24, 2.45) is 5.92 Å². The molecule has 6 heteroatoms. The molecule has 0 aliphatic carbocycles. The first-order valence-corrected chi connectivity index (χ1v) is 10.8. The number of thioether (sulfide) groups is 1. The number of carbonyl (C=O) groups excluding carboxylic acids is 1. The van der Waals surface area contributed by atoms with E-state index >= 15 is 0 Å². The standard InChI is InChI=1S/C21H28N4OS/c1-15(2)12-17-10-7-11-25(17)20(26)18-14-23-21(27-3)24-19(18)22-13-16-8-5-4-6-9-16/h4-6,8-9,14-15,17H,7,10-13H2,1-3H3,(H,22,23,24). The highest BCUT2D eigenvalue weighted by Gasteiger charge is 2.31. The van der Waals surface area contributed by atoms with Crippen LogP contribution < -0.4 is 5.32 Å². The second kappa shape index (κ2) is 9.22. The maximum absolute atomic E-state index is 13.3. The second-order valence-electron chi connectivity index (χ2n) is 7.38. The summed E-state index contributed by atoms with van der Waals surface area (Å²) in [6.07, 6.45) is 6.82. The topological polar surface area (TPSA) is 58.1 Å². The fraction of sp³-hybridized carbons (Fsp3) is 0.476. The number of nitrogens with zero attached hydrogens (tertiary/aromatic N) is 3. The third-order valence-corrected chi connectivity index (χ3v) is 5.43. The summed E-state index contributed by atoms with van der Waals surface area (Å²) >= 11 is 1.48. The van der Waals surface area contributed by atoms with Gasteiger partial charge in [0.25, 0.3) is 5.91 Å². The first-order valence-electron chi connectivity index (χ1n) is 9.58. The normalized spacial score (nSPS) is 16.7. The van der Waals surface area contributed by atoms with Crippen LogP contribution in [0.3, 0.4) is 0 Å². The summed E-state index contributed by atoms with van der Waals surface area (Å²) < 4.78 is 0. The molecule has 0 spiro atoms. The maximum atomic E-state index is 13.3. The number of carbonyl (C=O) groups is 1. The van der Waals surface area contributed by atoms with E-state index in [1.54, 1.807) is 6.20 Å². The molecular weight excluding hydrogens is 356 g/mol. The number of anilines is 1. The lowest BCUT2D eigenvalue weighted by Crippen LogP contribution is -2.37. The van der Waals surface area contributed by atoms with E-state index in [4.69, 9.17) is 0 Å². The van der Waals surface area contributed by atoms with Crippen LogP contribution in [0, 0.1) is 5.92 Å². The number of benzene rings is 1. The molecule has 1 aliphatic heterocycles. The van der Waals surface area contributed by atoms with Gasteiger partial charge in [0, 0.05) is 25.3 Å². The molecule has 2 heterocycles. The van der Waals surface area contributed by atoms with Crippen molar-refractivity contribution in [3.05, 3.63) is 47.7 Å². The van der Waals surface area contributed by atoms with Crippen LogP contribution >= 0.6 is 11.8 Å². The molecule has 144 valence electrons. The van der Waals surface area contributed by atoms with Crippen LogP contribution in [0.2, 0.25) is 0 Å². The molecule has 1 unspecified atom stereocenters. The SMILES string of the molecule is CSc1ncc(C(=O)N2CCCC2CC(C)C)c(NCc2ccccc2)n1. The Morgan fingerprint density at radius 2 is 2.11 bits per heavy atom. The van der Waals surface area contributed by atoms with Crippen molar-refractivity contribution in [3.63, 3.8) is 0 Å². The molecule has 0 saturated carbocycles. The van der Waals surface area contributed by atoms with Crippen LogP contribution in [0.1, 0.15) is 49.0 Å². The van der Waals surface area contributed by atoms with Gasteiger partial charge >= 0.3 is 0 Å². The molecular formula is C21H28N4OS. The van der Waals surface area contributed by atoms with Gasteiger partial charge in [-0.2, -0.15) is 0 Å². The van der Waals surface area contributed by atoms with E-state index in [2.05, 4.69) is 41.3 Å². The summed E-state index contributed by atoms with van der Waals surface area (Å²) in [6, 6.07) is 10.5. The zero-order chi connectivity index (χ0) is 19.2. The molecule has 1 N–H and O–H groups in total. The monoisotopic (exact) mass is 384 g/mol. The predicted octanol–water partition coefficient (Wildman–Crippen LogP) is 4.46. The summed E-state index contributed by atoms with van der Waals surface area (Å²) in [5, 5.41) is 4.02. The molecule has 5 nitrogen and oxygen atoms in total. The number of nitrogens with one attached hydrogen (secondary N) is 1. The smallest absolute Gasteiger partial charge is 0.259 e. The van der Waals surface area contributed by atoms with E-state index in [0.717, 1.165) is 31.4 Å². The Bertz CT molecular complexity index is 766. The fourth-order valence-corrected chi connectivity index (χ4v) is 3.92. The zero-order valence-corrected chi connectivity index (χ0v) is 17.1. The Labute approximate surface area is 166 Å². The molecule has 1 fully saturated rings. The molecule has 1 aromatic carbocycles. The van der Waals surface area contributed by atoms with Gasteiger partial charge in [-0.25, -0.2) is 9.97 Å². The van der Waals surface area contributed by atoms with Crippen LogP contribution in [-0.4, -0.2) is 39.6 Å². The van der Waals surface area contributed by atoms with Crippen molar-refractivity contribution in [1.29, 1.82) is 0 Å². The summed E-state index contributed by atoms with van der Waals surface area (Å²) in [5.74, 6) is 1.24. The molecule has 1 aromatic heterocycles. The minimum Gasteiger partial charge on any atom is -0.365 e. The Morgan fingerprint density at radius 3 is 2.81 bits per heavy atom. The minimum atomic E-state index is 0.0429. The quantitative estimate of drug-likeness (QED) is 0.564. The largest absolute Gasteiger partial charge is 0.365 e. The lowest BCUT2D eigenvalue weighted by atomic mass is 10.0. The summed E-state index contributed by atoms with van der Waals surface area (Å²) in [7, 11) is 0. The molecule has 1 amide bonds. The van der Waals surface area contributed by atoms with Gasteiger partial charge in [-0.05, 0) is 37.0 Å². The van der Waals surface area contributed by atoms with Crippen LogP contribution in [0.15, 0.2) is 41.7 Å². The third-order valence-electron chi connectivity index (χ3n) is 4.86. The molecule has 0 bridgehead atoms. The number of aromatic nitrogens is 2. The molecule has 0 radical (unpaired) electrons. The predicted molar refractivity (Wildman–Crippen MR) is 111 cm³/mol. The Balaban J connectivity index is 1.82. The summed E-state index contributed by atoms with van der Waals surface area (Å²) in [5.41, 5.74) is 1.72. The van der Waals surface area contributed by atoms with Crippen LogP contribution in [0.25, 0.3) is 0 Å². The third kappa shape index (κ3) is 5.01. The lowest BCUT2D eigenvalue weighted by molar-refractivity contribution is 0.0722. The van der Waals surface area contributed by atoms with Gasteiger partial charge in [0.05, 0.1) is 0 Å². The van der Waals surface area contributed by atoms with Gasteiger partial charge in [0.1, 0.15) is 11.4 Å². The molecule has 1 atom stereocenters. The Morgan fingerprint density at radius 1 is 1.33 bits per heavy atom. The van der Waals surface area contributed by atoms with Crippen molar-refractivity contribution in [3.8, 4) is 0 Å². The van der Waals surface area contributed by atoms with E-state index in [0.29, 0.717) is 35.0 Å². The zero-order valence-electron chi connectivity index (χ0n) is 16.3. The average Bonchev–Trinajstić information content (AvgIpc) is 3.13. The summed E-state index contributed by atoms with van der Waals surface area (Å²) in [6.45, 7) is 5.87. The summed E-state index contributed by atoms with van der Waals surface area (Å²) in [4.78, 5) is 24.2. The van der Waals surface area contributed by atoms with Gasteiger partial charge in [-0.1, -0.05) is 55.9 Å². The van der Waals surface area contributed by atoms with Gasteiger partial charge in [-0.3, -0.25) is 4.79 Å². The van der Waals surface area contributed by atoms with E-state index in [9.17, 15) is 4.79 Å². The molecule has 2 aromatic rings. The highest BCUT2D eigenvalue weighted by atomic mass is 32.2. The van der Waals surface area contributed by atoms with E-state index in [1.807, 2.05) is 29.4 Å². The van der Waals surface area contributed by atoms with Gasteiger partial charge in [0.2, 0.25) is 0 Å². The second-order valence-corrected chi connectivity index (χ2v) is 8.16. The molecule has 3 rings (SSSR count). The number of hydrogen-bond acceptors (Lipinski definition) is 5. The van der Waals surface area contributed by atoms with Crippen molar-refractivity contribution < 1.29 is 4.79 Å². The van der Waals surface area contributed by atoms with Gasteiger partial charge in [-0.15, -0.1) is 0 Å². The molecule has 1 aliphatic rings. The van der Waals surface area contributed by atoms with Crippen LogP contribution in [0.4, 0.5) is 5.82 Å². The van der Waals surface area contributed by atoms with Crippen molar-refractivity contribution in [2.75, 3.05) is 18.1 Å². The first kappa shape index (κ1) is 19.7.